The van der Waals surface area contributed by atoms with Gasteiger partial charge >= 0.3 is 0 Å². The zero-order chi connectivity index (χ0) is 7.44. The van der Waals surface area contributed by atoms with Gasteiger partial charge in [-0.1, -0.05) is 13.8 Å². The van der Waals surface area contributed by atoms with E-state index in [1.54, 1.807) is 0 Å². The molecule has 0 aromatic rings. The number of hydrogen-bond donors (Lipinski definition) is 2. The third-order valence-corrected chi connectivity index (χ3v) is 2.09. The van der Waals surface area contributed by atoms with Crippen molar-refractivity contribution in [1.82, 2.24) is 5.32 Å². The van der Waals surface area contributed by atoms with Crippen molar-refractivity contribution in [2.45, 2.75) is 37.0 Å². The van der Waals surface area contributed by atoms with E-state index in [1.165, 1.54) is 0 Å². The average Bonchev–Trinajstić information content (AvgIpc) is 1.63. The van der Waals surface area contributed by atoms with Crippen LogP contribution < -0.4 is 5.32 Å². The SMILES string of the molecule is CC(C)NC(C)C(O)I. The number of rotatable bonds is 3. The minimum atomic E-state index is -0.287. The number of nitrogens with one attached hydrogen (secondary N) is 1. The zero-order valence-corrected chi connectivity index (χ0v) is 8.21. The molecule has 9 heavy (non-hydrogen) atoms. The molecule has 0 spiro atoms. The Morgan fingerprint density at radius 3 is 1.89 bits per heavy atom. The summed E-state index contributed by atoms with van der Waals surface area (Å²) in [6.07, 6.45) is 0. The summed E-state index contributed by atoms with van der Waals surface area (Å²) in [7, 11) is 0. The molecule has 0 saturated heterocycles. The van der Waals surface area contributed by atoms with Gasteiger partial charge in [-0.15, -0.1) is 0 Å². The van der Waals surface area contributed by atoms with E-state index in [4.69, 9.17) is 5.11 Å². The maximum atomic E-state index is 8.99. The minimum absolute atomic E-state index is 0.186. The van der Waals surface area contributed by atoms with E-state index >= 15 is 0 Å². The van der Waals surface area contributed by atoms with Gasteiger partial charge in [0.05, 0.1) is 0 Å². The van der Waals surface area contributed by atoms with Crippen molar-refractivity contribution in [3.63, 3.8) is 0 Å². The normalized spacial score (nSPS) is 18.0. The van der Waals surface area contributed by atoms with E-state index in [9.17, 15) is 0 Å². The number of halogens is 1. The van der Waals surface area contributed by atoms with Crippen LogP contribution in [-0.2, 0) is 0 Å². The second-order valence-corrected chi connectivity index (χ2v) is 3.76. The first kappa shape index (κ1) is 9.65. The molecule has 0 saturated carbocycles. The van der Waals surface area contributed by atoms with Crippen molar-refractivity contribution in [3.05, 3.63) is 0 Å². The molecule has 0 aliphatic carbocycles. The first-order chi connectivity index (χ1) is 4.04. The molecule has 2 N–H and O–H groups in total. The van der Waals surface area contributed by atoms with Crippen LogP contribution in [0.4, 0.5) is 0 Å². The molecular formula is C6H14INO. The predicted molar refractivity (Wildman–Crippen MR) is 47.8 cm³/mol. The smallest absolute Gasteiger partial charge is 0.120 e. The summed E-state index contributed by atoms with van der Waals surface area (Å²) < 4.78 is -0.287. The average molecular weight is 243 g/mol. The molecule has 2 nitrogen and oxygen atoms in total. The van der Waals surface area contributed by atoms with Gasteiger partial charge in [0, 0.05) is 12.1 Å². The van der Waals surface area contributed by atoms with E-state index in [1.807, 2.05) is 29.5 Å². The molecule has 0 aliphatic rings. The fourth-order valence-corrected chi connectivity index (χ4v) is 0.813. The highest BCUT2D eigenvalue weighted by atomic mass is 127. The van der Waals surface area contributed by atoms with Gasteiger partial charge in [-0.25, -0.2) is 0 Å². The number of aliphatic hydroxyl groups is 1. The summed E-state index contributed by atoms with van der Waals surface area (Å²) in [6.45, 7) is 6.10. The van der Waals surface area contributed by atoms with Gasteiger partial charge in [-0.3, -0.25) is 0 Å². The summed E-state index contributed by atoms with van der Waals surface area (Å²) in [5, 5.41) is 12.2. The molecule has 0 aliphatic heterocycles. The largest absolute Gasteiger partial charge is 0.381 e. The number of alkyl halides is 1. The van der Waals surface area contributed by atoms with Crippen molar-refractivity contribution in [2.75, 3.05) is 0 Å². The molecular weight excluding hydrogens is 229 g/mol. The second-order valence-electron chi connectivity index (χ2n) is 2.48. The second kappa shape index (κ2) is 4.46. The van der Waals surface area contributed by atoms with Gasteiger partial charge in [-0.2, -0.15) is 0 Å². The Kier molecular flexibility index (Phi) is 4.79. The lowest BCUT2D eigenvalue weighted by molar-refractivity contribution is 0.226. The molecule has 2 atom stereocenters. The Morgan fingerprint density at radius 2 is 1.78 bits per heavy atom. The van der Waals surface area contributed by atoms with E-state index in [0.29, 0.717) is 6.04 Å². The molecule has 0 amide bonds. The lowest BCUT2D eigenvalue weighted by Gasteiger charge is -2.17. The Hall–Kier alpha value is 0.650. The summed E-state index contributed by atoms with van der Waals surface area (Å²) in [5.41, 5.74) is 0. The molecule has 3 heteroatoms. The van der Waals surface area contributed by atoms with Crippen LogP contribution in [0.5, 0.6) is 0 Å². The Balaban J connectivity index is 3.38. The van der Waals surface area contributed by atoms with Gasteiger partial charge < -0.3 is 10.4 Å². The Bertz CT molecular complexity index is 75.5. The fourth-order valence-electron chi connectivity index (χ4n) is 0.605. The van der Waals surface area contributed by atoms with Crippen molar-refractivity contribution in [3.8, 4) is 0 Å². The summed E-state index contributed by atoms with van der Waals surface area (Å²) in [4.78, 5) is 0. The van der Waals surface area contributed by atoms with E-state index in [2.05, 4.69) is 19.2 Å². The molecule has 0 heterocycles. The minimum Gasteiger partial charge on any atom is -0.381 e. The number of aliphatic hydroxyl groups excluding tert-OH is 1. The molecule has 0 rings (SSSR count). The number of hydrogen-bond acceptors (Lipinski definition) is 2. The van der Waals surface area contributed by atoms with E-state index < -0.39 is 0 Å². The first-order valence-corrected chi connectivity index (χ1v) is 4.36. The van der Waals surface area contributed by atoms with Gasteiger partial charge in [-0.05, 0) is 29.5 Å². The highest BCUT2D eigenvalue weighted by molar-refractivity contribution is 14.1. The molecule has 56 valence electrons. The maximum absolute atomic E-state index is 8.99. The molecule has 0 fully saturated rings. The standard InChI is InChI=1S/C6H14INO/c1-4(2)8-5(3)6(7)9/h4-6,8-9H,1-3H3. The van der Waals surface area contributed by atoms with Gasteiger partial charge in [0.25, 0.3) is 0 Å². The van der Waals surface area contributed by atoms with Crippen LogP contribution in [-0.4, -0.2) is 21.3 Å². The van der Waals surface area contributed by atoms with Crippen molar-refractivity contribution in [1.29, 1.82) is 0 Å². The quantitative estimate of drug-likeness (QED) is 0.575. The van der Waals surface area contributed by atoms with Crippen LogP contribution in [0.2, 0.25) is 0 Å². The van der Waals surface area contributed by atoms with Crippen LogP contribution in [0.3, 0.4) is 0 Å². The Labute approximate surface area is 70.2 Å². The Morgan fingerprint density at radius 1 is 1.33 bits per heavy atom. The fraction of sp³-hybridized carbons (Fsp3) is 1.00. The molecule has 0 aromatic heterocycles. The maximum Gasteiger partial charge on any atom is 0.120 e. The monoisotopic (exact) mass is 243 g/mol. The summed E-state index contributed by atoms with van der Waals surface area (Å²) in [5.74, 6) is 0. The summed E-state index contributed by atoms with van der Waals surface area (Å²) in [6, 6.07) is 0.634. The molecule has 0 aromatic carbocycles. The van der Waals surface area contributed by atoms with Gasteiger partial charge in [0.1, 0.15) is 4.11 Å². The highest BCUT2D eigenvalue weighted by Crippen LogP contribution is 2.01. The van der Waals surface area contributed by atoms with Crippen molar-refractivity contribution in [2.24, 2.45) is 0 Å². The lowest BCUT2D eigenvalue weighted by atomic mass is 10.3. The van der Waals surface area contributed by atoms with Crippen LogP contribution in [0.25, 0.3) is 0 Å². The molecule has 0 bridgehead atoms. The third-order valence-electron chi connectivity index (χ3n) is 1.01. The zero-order valence-electron chi connectivity index (χ0n) is 6.06. The van der Waals surface area contributed by atoms with E-state index in [0.717, 1.165) is 0 Å². The predicted octanol–water partition coefficient (Wildman–Crippen LogP) is 1.13. The van der Waals surface area contributed by atoms with Crippen LogP contribution in [0, 0.1) is 0 Å². The summed E-state index contributed by atoms with van der Waals surface area (Å²) >= 11 is 1.99. The lowest BCUT2D eigenvalue weighted by Crippen LogP contribution is -2.38. The first-order valence-electron chi connectivity index (χ1n) is 3.12. The van der Waals surface area contributed by atoms with Gasteiger partial charge in [0.2, 0.25) is 0 Å². The van der Waals surface area contributed by atoms with Crippen LogP contribution >= 0.6 is 22.6 Å². The topological polar surface area (TPSA) is 32.3 Å². The van der Waals surface area contributed by atoms with Crippen LogP contribution in [0.1, 0.15) is 20.8 Å². The molecule has 2 unspecified atom stereocenters. The molecule has 0 radical (unpaired) electrons. The van der Waals surface area contributed by atoms with Crippen LogP contribution in [0.15, 0.2) is 0 Å². The van der Waals surface area contributed by atoms with Crippen molar-refractivity contribution < 1.29 is 5.11 Å². The third kappa shape index (κ3) is 5.11. The highest BCUT2D eigenvalue weighted by Gasteiger charge is 2.09. The van der Waals surface area contributed by atoms with E-state index in [-0.39, 0.29) is 10.2 Å². The van der Waals surface area contributed by atoms with Crippen molar-refractivity contribution >= 4 is 22.6 Å². The van der Waals surface area contributed by atoms with Gasteiger partial charge in [0.15, 0.2) is 0 Å².